The highest BCUT2D eigenvalue weighted by Crippen LogP contribution is 2.14. The van der Waals surface area contributed by atoms with E-state index in [1.807, 2.05) is 0 Å². The van der Waals surface area contributed by atoms with E-state index in [2.05, 4.69) is 49.2 Å². The van der Waals surface area contributed by atoms with Crippen LogP contribution in [0.15, 0.2) is 12.4 Å². The molecule has 0 amide bonds. The Morgan fingerprint density at radius 1 is 0.655 bits per heavy atom. The minimum Gasteiger partial charge on any atom is -0.234 e. The minimum absolute atomic E-state index is 0.571. The van der Waals surface area contributed by atoms with Crippen molar-refractivity contribution in [3.05, 3.63) is 18.2 Å². The zero-order chi connectivity index (χ0) is 21.2. The van der Waals surface area contributed by atoms with Crippen molar-refractivity contribution >= 4 is 0 Å². The van der Waals surface area contributed by atoms with Crippen LogP contribution in [0, 0.1) is 0 Å². The molecule has 0 aliphatic carbocycles. The number of imidazole rings is 1. The Balaban J connectivity index is 1.86. The van der Waals surface area contributed by atoms with Gasteiger partial charge in [0.05, 0.1) is 12.6 Å². The lowest BCUT2D eigenvalue weighted by Crippen LogP contribution is -2.37. The van der Waals surface area contributed by atoms with Crippen LogP contribution in [0.5, 0.6) is 0 Å². The first-order valence-corrected chi connectivity index (χ1v) is 13.3. The van der Waals surface area contributed by atoms with Gasteiger partial charge in [0.1, 0.15) is 12.4 Å². The highest BCUT2D eigenvalue weighted by atomic mass is 15.2. The fraction of sp³-hybridized carbons (Fsp3) is 0.889. The molecular weight excluding hydrogens is 352 g/mol. The van der Waals surface area contributed by atoms with E-state index in [0.717, 1.165) is 6.42 Å². The summed E-state index contributed by atoms with van der Waals surface area (Å²) < 4.78 is 4.90. The first-order chi connectivity index (χ1) is 14.2. The molecule has 0 bridgehead atoms. The summed E-state index contributed by atoms with van der Waals surface area (Å²) in [5, 5.41) is 0. The van der Waals surface area contributed by atoms with Crippen molar-refractivity contribution in [2.45, 2.75) is 156 Å². The van der Waals surface area contributed by atoms with Crippen LogP contribution in [0.3, 0.4) is 0 Å². The Morgan fingerprint density at radius 3 is 1.45 bits per heavy atom. The maximum atomic E-state index is 2.48. The molecule has 2 heteroatoms. The third-order valence-electron chi connectivity index (χ3n) is 6.41. The predicted octanol–water partition coefficient (Wildman–Crippen LogP) is 8.57. The van der Waals surface area contributed by atoms with Crippen LogP contribution in [0.25, 0.3) is 0 Å². The SMILES string of the molecule is CCCCCCCCCCCCCCCCCCC[n+]1ccn(C(C)C)c1CC. The van der Waals surface area contributed by atoms with Gasteiger partial charge >= 0.3 is 0 Å². The lowest BCUT2D eigenvalue weighted by Gasteiger charge is -2.06. The van der Waals surface area contributed by atoms with E-state index in [4.69, 9.17) is 0 Å². The number of hydrogen-bond acceptors (Lipinski definition) is 0. The molecule has 0 atom stereocenters. The summed E-state index contributed by atoms with van der Waals surface area (Å²) in [6.07, 6.45) is 30.2. The van der Waals surface area contributed by atoms with E-state index in [0.29, 0.717) is 6.04 Å². The van der Waals surface area contributed by atoms with Crippen LogP contribution in [0.2, 0.25) is 0 Å². The molecule has 1 rings (SSSR count). The number of hydrogen-bond donors (Lipinski definition) is 0. The molecule has 0 saturated carbocycles. The first kappa shape index (κ1) is 26.2. The number of nitrogens with zero attached hydrogens (tertiary/aromatic N) is 2. The normalized spacial score (nSPS) is 11.6. The fourth-order valence-electron chi connectivity index (χ4n) is 4.54. The van der Waals surface area contributed by atoms with Gasteiger partial charge in [-0.25, -0.2) is 9.13 Å². The topological polar surface area (TPSA) is 8.81 Å². The summed E-state index contributed by atoms with van der Waals surface area (Å²) in [6.45, 7) is 10.3. The van der Waals surface area contributed by atoms with Crippen LogP contribution in [-0.4, -0.2) is 4.57 Å². The summed E-state index contributed by atoms with van der Waals surface area (Å²) in [6, 6.07) is 0.571. The summed E-state index contributed by atoms with van der Waals surface area (Å²) >= 11 is 0. The summed E-state index contributed by atoms with van der Waals surface area (Å²) in [4.78, 5) is 0. The fourth-order valence-corrected chi connectivity index (χ4v) is 4.54. The molecule has 0 spiro atoms. The molecule has 0 radical (unpaired) electrons. The smallest absolute Gasteiger partial charge is 0.234 e. The van der Waals surface area contributed by atoms with Crippen molar-refractivity contribution in [1.82, 2.24) is 4.57 Å². The van der Waals surface area contributed by atoms with Gasteiger partial charge in [0.2, 0.25) is 0 Å². The average Bonchev–Trinajstić information content (AvgIpc) is 3.13. The van der Waals surface area contributed by atoms with Gasteiger partial charge in [-0.2, -0.15) is 0 Å². The number of aryl methyl sites for hydroxylation is 1. The standard InChI is InChI=1S/C27H53N2/c1-5-7-8-9-10-11-12-13-14-15-16-17-18-19-20-21-22-23-28-24-25-29(26(3)4)27(28)6-2/h24-26H,5-23H2,1-4H3/q+1. The van der Waals surface area contributed by atoms with Gasteiger partial charge in [0.25, 0.3) is 5.82 Å². The van der Waals surface area contributed by atoms with E-state index < -0.39 is 0 Å². The third-order valence-corrected chi connectivity index (χ3v) is 6.41. The Bertz CT molecular complexity index is 475. The van der Waals surface area contributed by atoms with Crippen molar-refractivity contribution < 1.29 is 4.57 Å². The van der Waals surface area contributed by atoms with Gasteiger partial charge in [-0.3, -0.25) is 0 Å². The van der Waals surface area contributed by atoms with E-state index in [9.17, 15) is 0 Å². The zero-order valence-corrected chi connectivity index (χ0v) is 20.6. The molecule has 0 aromatic carbocycles. The quantitative estimate of drug-likeness (QED) is 0.152. The Morgan fingerprint density at radius 2 is 1.07 bits per heavy atom. The molecule has 0 unspecified atom stereocenters. The van der Waals surface area contributed by atoms with Crippen LogP contribution >= 0.6 is 0 Å². The van der Waals surface area contributed by atoms with Crippen LogP contribution in [0.4, 0.5) is 0 Å². The Labute approximate surface area is 183 Å². The van der Waals surface area contributed by atoms with Crippen molar-refractivity contribution in [1.29, 1.82) is 0 Å². The molecule has 1 aromatic heterocycles. The summed E-state index contributed by atoms with van der Waals surface area (Å²) in [5.74, 6) is 1.48. The molecule has 0 fully saturated rings. The van der Waals surface area contributed by atoms with Crippen LogP contribution in [-0.2, 0) is 13.0 Å². The molecule has 0 saturated heterocycles. The lowest BCUT2D eigenvalue weighted by molar-refractivity contribution is -0.704. The summed E-state index contributed by atoms with van der Waals surface area (Å²) in [7, 11) is 0. The van der Waals surface area contributed by atoms with Gasteiger partial charge in [0.15, 0.2) is 0 Å². The maximum absolute atomic E-state index is 2.48. The summed E-state index contributed by atoms with van der Waals surface area (Å²) in [5.41, 5.74) is 0. The van der Waals surface area contributed by atoms with Gasteiger partial charge in [0, 0.05) is 6.42 Å². The maximum Gasteiger partial charge on any atom is 0.256 e. The second-order valence-corrected chi connectivity index (χ2v) is 9.42. The van der Waals surface area contributed by atoms with E-state index in [1.165, 1.54) is 122 Å². The molecule has 170 valence electrons. The van der Waals surface area contributed by atoms with Gasteiger partial charge < -0.3 is 0 Å². The second-order valence-electron chi connectivity index (χ2n) is 9.42. The molecule has 2 nitrogen and oxygen atoms in total. The zero-order valence-electron chi connectivity index (χ0n) is 20.6. The molecule has 29 heavy (non-hydrogen) atoms. The first-order valence-electron chi connectivity index (χ1n) is 13.3. The molecular formula is C27H53N2+. The van der Waals surface area contributed by atoms with Gasteiger partial charge in [-0.1, -0.05) is 110 Å². The Kier molecular flexibility index (Phi) is 16.3. The molecule has 1 aromatic rings. The highest BCUT2D eigenvalue weighted by molar-refractivity contribution is 4.85. The minimum atomic E-state index is 0.571. The number of unbranched alkanes of at least 4 members (excludes halogenated alkanes) is 16. The molecule has 0 aliphatic heterocycles. The second kappa shape index (κ2) is 18.0. The van der Waals surface area contributed by atoms with Crippen molar-refractivity contribution in [3.63, 3.8) is 0 Å². The largest absolute Gasteiger partial charge is 0.256 e. The van der Waals surface area contributed by atoms with Gasteiger partial charge in [-0.05, 0) is 26.7 Å². The van der Waals surface area contributed by atoms with E-state index >= 15 is 0 Å². The number of rotatable bonds is 20. The monoisotopic (exact) mass is 405 g/mol. The lowest BCUT2D eigenvalue weighted by atomic mass is 10.0. The Hall–Kier alpha value is -0.790. The van der Waals surface area contributed by atoms with Crippen molar-refractivity contribution in [2.75, 3.05) is 0 Å². The molecule has 0 aliphatic rings. The van der Waals surface area contributed by atoms with Crippen LogP contribution < -0.4 is 4.57 Å². The average molecular weight is 406 g/mol. The van der Waals surface area contributed by atoms with Crippen LogP contribution in [0.1, 0.15) is 149 Å². The van der Waals surface area contributed by atoms with Crippen molar-refractivity contribution in [3.8, 4) is 0 Å². The molecule has 0 N–H and O–H groups in total. The molecule has 1 heterocycles. The van der Waals surface area contributed by atoms with Crippen molar-refractivity contribution in [2.24, 2.45) is 0 Å². The third kappa shape index (κ3) is 12.5. The van der Waals surface area contributed by atoms with E-state index in [1.54, 1.807) is 0 Å². The number of aromatic nitrogens is 2. The highest BCUT2D eigenvalue weighted by Gasteiger charge is 2.16. The van der Waals surface area contributed by atoms with E-state index in [-0.39, 0.29) is 0 Å². The van der Waals surface area contributed by atoms with Gasteiger partial charge in [-0.15, -0.1) is 0 Å². The predicted molar refractivity (Wildman–Crippen MR) is 129 cm³/mol.